The van der Waals surface area contributed by atoms with Gasteiger partial charge in [0.1, 0.15) is 0 Å². The molecule has 1 aliphatic carbocycles. The second kappa shape index (κ2) is 7.13. The molecule has 1 heterocycles. The predicted molar refractivity (Wildman–Crippen MR) is 86.0 cm³/mol. The molecule has 0 aromatic carbocycles. The van der Waals surface area contributed by atoms with Crippen molar-refractivity contribution < 1.29 is 9.90 Å². The van der Waals surface area contributed by atoms with Gasteiger partial charge in [0.2, 0.25) is 5.91 Å². The largest absolute Gasteiger partial charge is 0.393 e. The zero-order valence-electron chi connectivity index (χ0n) is 14.1. The van der Waals surface area contributed by atoms with Crippen molar-refractivity contribution in [2.24, 2.45) is 11.3 Å². The number of likely N-dealkylation sites (tertiary alicyclic amines) is 1. The number of carbonyl (C=O) groups excluding carboxylic acids is 1. The molecule has 3 atom stereocenters. The van der Waals surface area contributed by atoms with E-state index in [1.54, 1.807) is 0 Å². The molecule has 122 valence electrons. The lowest BCUT2D eigenvalue weighted by Gasteiger charge is -2.42. The highest BCUT2D eigenvalue weighted by atomic mass is 16.3. The second-order valence-electron chi connectivity index (χ2n) is 7.91. The van der Waals surface area contributed by atoms with Crippen LogP contribution in [0.1, 0.15) is 78.6 Å². The van der Waals surface area contributed by atoms with Crippen molar-refractivity contribution in [2.45, 2.75) is 90.7 Å². The smallest absolute Gasteiger partial charge is 0.226 e. The van der Waals surface area contributed by atoms with Crippen molar-refractivity contribution in [3.63, 3.8) is 0 Å². The molecule has 1 N–H and O–H groups in total. The van der Waals surface area contributed by atoms with Crippen molar-refractivity contribution in [1.82, 2.24) is 4.90 Å². The summed E-state index contributed by atoms with van der Waals surface area (Å²) in [5.41, 5.74) is 0.136. The summed E-state index contributed by atoms with van der Waals surface area (Å²) in [4.78, 5) is 15.3. The van der Waals surface area contributed by atoms with Crippen LogP contribution in [0.2, 0.25) is 0 Å². The molecule has 0 aromatic heterocycles. The van der Waals surface area contributed by atoms with E-state index in [2.05, 4.69) is 18.7 Å². The van der Waals surface area contributed by atoms with Crippen molar-refractivity contribution >= 4 is 5.91 Å². The molecule has 2 fully saturated rings. The minimum atomic E-state index is -0.317. The third-order valence-electron chi connectivity index (χ3n) is 5.58. The molecule has 0 aromatic rings. The van der Waals surface area contributed by atoms with Crippen LogP contribution in [0, 0.1) is 11.3 Å². The summed E-state index contributed by atoms with van der Waals surface area (Å²) in [6.45, 7) is 7.26. The topological polar surface area (TPSA) is 40.5 Å². The Morgan fingerprint density at radius 1 is 1.19 bits per heavy atom. The first-order chi connectivity index (χ1) is 9.92. The zero-order valence-corrected chi connectivity index (χ0v) is 14.1. The number of carbonyl (C=O) groups is 1. The Morgan fingerprint density at radius 2 is 1.90 bits per heavy atom. The Hall–Kier alpha value is -0.570. The maximum atomic E-state index is 13.2. The number of hydrogen-bond donors (Lipinski definition) is 1. The van der Waals surface area contributed by atoms with E-state index in [0.29, 0.717) is 5.91 Å². The van der Waals surface area contributed by atoms with Gasteiger partial charge < -0.3 is 10.0 Å². The van der Waals surface area contributed by atoms with Gasteiger partial charge in [-0.25, -0.2) is 0 Å². The van der Waals surface area contributed by atoms with Gasteiger partial charge in [-0.1, -0.05) is 39.5 Å². The van der Waals surface area contributed by atoms with E-state index in [-0.39, 0.29) is 23.5 Å². The molecule has 21 heavy (non-hydrogen) atoms. The maximum absolute atomic E-state index is 13.2. The fourth-order valence-corrected chi connectivity index (χ4v) is 4.26. The van der Waals surface area contributed by atoms with Gasteiger partial charge in [0.15, 0.2) is 0 Å². The van der Waals surface area contributed by atoms with Gasteiger partial charge in [-0.3, -0.25) is 4.79 Å². The van der Waals surface area contributed by atoms with Gasteiger partial charge in [-0.2, -0.15) is 0 Å². The Kier molecular flexibility index (Phi) is 5.70. The molecule has 2 aliphatic rings. The molecule has 2 rings (SSSR count). The molecule has 3 heteroatoms. The first-order valence-corrected chi connectivity index (χ1v) is 8.90. The SMILES string of the molecule is CC(O)CC1CCCCCN1C(=O)C1CCCCC1(C)C. The van der Waals surface area contributed by atoms with Crippen LogP contribution in [0.5, 0.6) is 0 Å². The van der Waals surface area contributed by atoms with E-state index in [9.17, 15) is 9.90 Å². The molecule has 3 nitrogen and oxygen atoms in total. The predicted octanol–water partition coefficient (Wildman–Crippen LogP) is 3.74. The van der Waals surface area contributed by atoms with Crippen LogP contribution in [0.25, 0.3) is 0 Å². The Balaban J connectivity index is 2.12. The number of rotatable bonds is 3. The van der Waals surface area contributed by atoms with Gasteiger partial charge in [-0.05, 0) is 44.4 Å². The standard InChI is InChI=1S/C18H33NO2/c1-14(20)13-15-9-5-4-8-12-19(15)17(21)16-10-6-7-11-18(16,2)3/h14-16,20H,4-13H2,1-3H3. The van der Waals surface area contributed by atoms with Gasteiger partial charge in [0.25, 0.3) is 0 Å². The van der Waals surface area contributed by atoms with E-state index in [0.717, 1.165) is 38.6 Å². The molecule has 1 saturated carbocycles. The highest BCUT2D eigenvalue weighted by Gasteiger charge is 2.40. The van der Waals surface area contributed by atoms with Crippen molar-refractivity contribution in [3.05, 3.63) is 0 Å². The highest BCUT2D eigenvalue weighted by molar-refractivity contribution is 5.80. The Labute approximate surface area is 130 Å². The summed E-state index contributed by atoms with van der Waals surface area (Å²) >= 11 is 0. The van der Waals surface area contributed by atoms with Crippen LogP contribution in [-0.2, 0) is 4.79 Å². The summed E-state index contributed by atoms with van der Waals surface area (Å²) < 4.78 is 0. The van der Waals surface area contributed by atoms with Crippen molar-refractivity contribution in [2.75, 3.05) is 6.54 Å². The van der Waals surface area contributed by atoms with Gasteiger partial charge in [0.05, 0.1) is 6.10 Å². The van der Waals surface area contributed by atoms with E-state index >= 15 is 0 Å². The normalized spacial score (nSPS) is 31.5. The fraction of sp³-hybridized carbons (Fsp3) is 0.944. The highest BCUT2D eigenvalue weighted by Crippen LogP contribution is 2.42. The quantitative estimate of drug-likeness (QED) is 0.861. The average Bonchev–Trinajstić information content (AvgIpc) is 2.62. The summed E-state index contributed by atoms with van der Waals surface area (Å²) in [5.74, 6) is 0.549. The fourth-order valence-electron chi connectivity index (χ4n) is 4.26. The van der Waals surface area contributed by atoms with Crippen LogP contribution in [-0.4, -0.2) is 34.6 Å². The van der Waals surface area contributed by atoms with Crippen LogP contribution in [0.15, 0.2) is 0 Å². The van der Waals surface area contributed by atoms with Crippen LogP contribution >= 0.6 is 0 Å². The van der Waals surface area contributed by atoms with Gasteiger partial charge in [-0.15, -0.1) is 0 Å². The van der Waals surface area contributed by atoms with Crippen LogP contribution in [0.3, 0.4) is 0 Å². The number of amides is 1. The molecule has 1 saturated heterocycles. The first kappa shape index (κ1) is 16.8. The molecular weight excluding hydrogens is 262 g/mol. The lowest BCUT2D eigenvalue weighted by Crippen LogP contribution is -2.48. The molecule has 3 unspecified atom stereocenters. The average molecular weight is 295 g/mol. The molecule has 0 bridgehead atoms. The van der Waals surface area contributed by atoms with Gasteiger partial charge >= 0.3 is 0 Å². The second-order valence-corrected chi connectivity index (χ2v) is 7.91. The number of aliphatic hydroxyl groups is 1. The summed E-state index contributed by atoms with van der Waals surface area (Å²) in [6, 6.07) is 0.248. The molecular formula is C18H33NO2. The lowest BCUT2D eigenvalue weighted by molar-refractivity contribution is -0.144. The third-order valence-corrected chi connectivity index (χ3v) is 5.58. The van der Waals surface area contributed by atoms with Crippen molar-refractivity contribution in [1.29, 1.82) is 0 Å². The van der Waals surface area contributed by atoms with E-state index < -0.39 is 0 Å². The minimum Gasteiger partial charge on any atom is -0.393 e. The minimum absolute atomic E-state index is 0.136. The van der Waals surface area contributed by atoms with Crippen molar-refractivity contribution in [3.8, 4) is 0 Å². The molecule has 0 spiro atoms. The number of nitrogens with zero attached hydrogens (tertiary/aromatic N) is 1. The van der Waals surface area contributed by atoms with Crippen LogP contribution in [0.4, 0.5) is 0 Å². The first-order valence-electron chi connectivity index (χ1n) is 8.90. The number of aliphatic hydroxyl groups excluding tert-OH is 1. The zero-order chi connectivity index (χ0) is 15.5. The molecule has 1 amide bonds. The maximum Gasteiger partial charge on any atom is 0.226 e. The summed E-state index contributed by atoms with van der Waals surface area (Å²) in [6.07, 6.45) is 9.66. The van der Waals surface area contributed by atoms with E-state index in [1.807, 2.05) is 6.92 Å². The third kappa shape index (κ3) is 4.21. The molecule has 0 radical (unpaired) electrons. The Morgan fingerprint density at radius 3 is 2.57 bits per heavy atom. The van der Waals surface area contributed by atoms with Crippen LogP contribution < -0.4 is 0 Å². The van der Waals surface area contributed by atoms with E-state index in [1.165, 1.54) is 25.7 Å². The molecule has 1 aliphatic heterocycles. The summed E-state index contributed by atoms with van der Waals surface area (Å²) in [7, 11) is 0. The Bertz CT molecular complexity index is 351. The van der Waals surface area contributed by atoms with Gasteiger partial charge in [0, 0.05) is 18.5 Å². The monoisotopic (exact) mass is 295 g/mol. The lowest BCUT2D eigenvalue weighted by atomic mass is 9.68. The summed E-state index contributed by atoms with van der Waals surface area (Å²) in [5, 5.41) is 9.77. The number of hydrogen-bond acceptors (Lipinski definition) is 2. The van der Waals surface area contributed by atoms with E-state index in [4.69, 9.17) is 0 Å².